The number of rotatable bonds is 3. The Morgan fingerprint density at radius 2 is 1.19 bits per heavy atom. The zero-order valence-electron chi connectivity index (χ0n) is 22.6. The maximum absolute atomic E-state index is 5.16. The van der Waals surface area contributed by atoms with Gasteiger partial charge in [0.15, 0.2) is 5.82 Å². The number of para-hydroxylation sites is 3. The molecule has 1 aliphatic heterocycles. The first-order valence-corrected chi connectivity index (χ1v) is 14.2. The summed E-state index contributed by atoms with van der Waals surface area (Å²) in [7, 11) is 0. The lowest BCUT2D eigenvalue weighted by atomic mass is 9.96. The first kappa shape index (κ1) is 23.0. The van der Waals surface area contributed by atoms with E-state index < -0.39 is 0 Å². The van der Waals surface area contributed by atoms with Crippen molar-refractivity contribution in [1.82, 2.24) is 14.5 Å². The predicted octanol–water partition coefficient (Wildman–Crippen LogP) is 9.84. The molecule has 196 valence electrons. The molecule has 2 aromatic heterocycles. The Hall–Kier alpha value is -5.74. The number of nitrogens with zero attached hydrogens (tertiary/aromatic N) is 4. The number of fused-ring (bicyclic) bond motifs is 5. The van der Waals surface area contributed by atoms with Gasteiger partial charge in [0.25, 0.3) is 0 Å². The smallest absolute Gasteiger partial charge is 0.160 e. The zero-order valence-corrected chi connectivity index (χ0v) is 22.6. The van der Waals surface area contributed by atoms with Crippen LogP contribution in [-0.2, 0) is 0 Å². The quantitative estimate of drug-likeness (QED) is 0.225. The fourth-order valence-corrected chi connectivity index (χ4v) is 6.49. The van der Waals surface area contributed by atoms with E-state index in [0.717, 1.165) is 56.3 Å². The van der Waals surface area contributed by atoms with E-state index in [1.54, 1.807) is 0 Å². The van der Waals surface area contributed by atoms with Gasteiger partial charge in [-0.05, 0) is 54.6 Å². The monoisotopic (exact) mass is 536 g/mol. The van der Waals surface area contributed by atoms with Crippen molar-refractivity contribution < 1.29 is 0 Å². The van der Waals surface area contributed by atoms with Gasteiger partial charge < -0.3 is 9.47 Å². The summed E-state index contributed by atoms with van der Waals surface area (Å²) in [6, 6.07) is 51.3. The summed E-state index contributed by atoms with van der Waals surface area (Å²) in [5.41, 5.74) is 10.9. The third-order valence-electron chi connectivity index (χ3n) is 8.30. The molecule has 0 spiro atoms. The van der Waals surface area contributed by atoms with Gasteiger partial charge in [-0.2, -0.15) is 0 Å². The van der Waals surface area contributed by atoms with E-state index >= 15 is 0 Å². The fraction of sp³-hybridized carbons (Fsp3) is 0. The lowest BCUT2D eigenvalue weighted by Gasteiger charge is -2.33. The molecule has 0 radical (unpaired) electrons. The molecule has 9 rings (SSSR count). The average Bonchev–Trinajstić information content (AvgIpc) is 3.39. The van der Waals surface area contributed by atoms with Gasteiger partial charge >= 0.3 is 0 Å². The van der Waals surface area contributed by atoms with E-state index in [1.165, 1.54) is 21.8 Å². The van der Waals surface area contributed by atoms with E-state index in [-0.39, 0.29) is 0 Å². The van der Waals surface area contributed by atoms with Gasteiger partial charge in [-0.3, -0.25) is 0 Å². The van der Waals surface area contributed by atoms with Crippen LogP contribution in [0.4, 0.5) is 17.1 Å². The van der Waals surface area contributed by atoms with Gasteiger partial charge in [-0.15, -0.1) is 0 Å². The van der Waals surface area contributed by atoms with Gasteiger partial charge in [0.05, 0.1) is 39.0 Å². The zero-order chi connectivity index (χ0) is 27.6. The van der Waals surface area contributed by atoms with Crippen LogP contribution in [0.5, 0.6) is 0 Å². The Morgan fingerprint density at radius 1 is 0.476 bits per heavy atom. The standard InChI is InChI=1S/C38H24N4/c1-3-12-25(13-4-1)38-39-31-18-11-21-35-36(31)37(40-38)29-17-8-10-20-33(29)42(35)27-22-23-34-30(24-27)28-16-7-9-19-32(28)41(34)26-14-5-2-6-15-26/h1-24H. The molecule has 42 heavy (non-hydrogen) atoms. The molecule has 0 aliphatic carbocycles. The number of hydrogen-bond acceptors (Lipinski definition) is 3. The third-order valence-corrected chi connectivity index (χ3v) is 8.30. The Kier molecular flexibility index (Phi) is 4.87. The molecule has 0 amide bonds. The van der Waals surface area contributed by atoms with Crippen molar-refractivity contribution in [2.45, 2.75) is 0 Å². The highest BCUT2D eigenvalue weighted by atomic mass is 15.2. The first-order valence-electron chi connectivity index (χ1n) is 14.2. The Labute approximate surface area is 242 Å². The SMILES string of the molecule is c1ccc(-c2nc3c4c(cccc4n2)N(c2ccc4c(c2)c2ccccc2n4-c2ccccc2)c2ccccc2-3)cc1. The summed E-state index contributed by atoms with van der Waals surface area (Å²) in [6.07, 6.45) is 0. The maximum Gasteiger partial charge on any atom is 0.160 e. The Bertz CT molecular complexity index is 2300. The molecule has 4 heteroatoms. The van der Waals surface area contributed by atoms with Crippen LogP contribution in [0.2, 0.25) is 0 Å². The van der Waals surface area contributed by atoms with E-state index in [4.69, 9.17) is 9.97 Å². The van der Waals surface area contributed by atoms with Gasteiger partial charge in [-0.1, -0.05) is 91.0 Å². The third kappa shape index (κ3) is 3.29. The van der Waals surface area contributed by atoms with Crippen molar-refractivity contribution in [3.63, 3.8) is 0 Å². The van der Waals surface area contributed by atoms with Gasteiger partial charge in [0.1, 0.15) is 0 Å². The van der Waals surface area contributed by atoms with E-state index in [2.05, 4.69) is 137 Å². The summed E-state index contributed by atoms with van der Waals surface area (Å²) >= 11 is 0. The van der Waals surface area contributed by atoms with Crippen LogP contribution in [-0.4, -0.2) is 14.5 Å². The van der Waals surface area contributed by atoms with Crippen LogP contribution in [0.25, 0.3) is 61.0 Å². The minimum absolute atomic E-state index is 0.744. The van der Waals surface area contributed by atoms with Crippen molar-refractivity contribution in [1.29, 1.82) is 0 Å². The van der Waals surface area contributed by atoms with Gasteiger partial charge in [0.2, 0.25) is 0 Å². The Morgan fingerprint density at radius 3 is 2.07 bits per heavy atom. The molecule has 6 aromatic carbocycles. The van der Waals surface area contributed by atoms with Crippen LogP contribution in [0.3, 0.4) is 0 Å². The molecule has 8 aromatic rings. The van der Waals surface area contributed by atoms with Crippen molar-refractivity contribution >= 4 is 49.8 Å². The molecule has 0 saturated carbocycles. The van der Waals surface area contributed by atoms with Crippen LogP contribution < -0.4 is 4.90 Å². The van der Waals surface area contributed by atoms with Crippen LogP contribution in [0.1, 0.15) is 0 Å². The van der Waals surface area contributed by atoms with Crippen LogP contribution in [0.15, 0.2) is 146 Å². The van der Waals surface area contributed by atoms with Crippen molar-refractivity contribution in [3.8, 4) is 28.3 Å². The number of anilines is 3. The van der Waals surface area contributed by atoms with E-state index in [0.29, 0.717) is 0 Å². The summed E-state index contributed by atoms with van der Waals surface area (Å²) < 4.78 is 2.35. The highest BCUT2D eigenvalue weighted by molar-refractivity contribution is 6.14. The minimum Gasteiger partial charge on any atom is -0.309 e. The molecule has 0 bridgehead atoms. The molecule has 0 unspecified atom stereocenters. The topological polar surface area (TPSA) is 34.0 Å². The normalized spacial score (nSPS) is 12.2. The summed E-state index contributed by atoms with van der Waals surface area (Å²) in [4.78, 5) is 12.6. The van der Waals surface area contributed by atoms with Gasteiger partial charge in [0, 0.05) is 33.3 Å². The second kappa shape index (κ2) is 8.88. The molecule has 4 nitrogen and oxygen atoms in total. The maximum atomic E-state index is 5.16. The molecule has 1 aliphatic rings. The minimum atomic E-state index is 0.744. The summed E-state index contributed by atoms with van der Waals surface area (Å²) in [6.45, 7) is 0. The molecule has 0 N–H and O–H groups in total. The van der Waals surface area contributed by atoms with Crippen molar-refractivity contribution in [2.24, 2.45) is 0 Å². The van der Waals surface area contributed by atoms with E-state index in [9.17, 15) is 0 Å². The fourth-order valence-electron chi connectivity index (χ4n) is 6.49. The summed E-state index contributed by atoms with van der Waals surface area (Å²) in [5, 5.41) is 3.53. The molecule has 0 atom stereocenters. The highest BCUT2D eigenvalue weighted by Gasteiger charge is 2.28. The number of hydrogen-bond donors (Lipinski definition) is 0. The Balaban J connectivity index is 1.31. The number of aromatic nitrogens is 3. The second-order valence-corrected chi connectivity index (χ2v) is 10.7. The second-order valence-electron chi connectivity index (χ2n) is 10.7. The largest absolute Gasteiger partial charge is 0.309 e. The summed E-state index contributed by atoms with van der Waals surface area (Å²) in [5.74, 6) is 0.744. The van der Waals surface area contributed by atoms with Gasteiger partial charge in [-0.25, -0.2) is 9.97 Å². The highest BCUT2D eigenvalue weighted by Crippen LogP contribution is 2.50. The molecule has 0 saturated heterocycles. The van der Waals surface area contributed by atoms with Crippen LogP contribution >= 0.6 is 0 Å². The lowest BCUT2D eigenvalue weighted by Crippen LogP contribution is -2.16. The molecule has 3 heterocycles. The molecular formula is C38H24N4. The van der Waals surface area contributed by atoms with Crippen molar-refractivity contribution in [3.05, 3.63) is 146 Å². The number of benzene rings is 6. The average molecular weight is 537 g/mol. The predicted molar refractivity (Wildman–Crippen MR) is 173 cm³/mol. The molecule has 0 fully saturated rings. The lowest BCUT2D eigenvalue weighted by molar-refractivity contribution is 1.18. The van der Waals surface area contributed by atoms with E-state index in [1.807, 2.05) is 18.2 Å². The van der Waals surface area contributed by atoms with Crippen molar-refractivity contribution in [2.75, 3.05) is 4.90 Å². The van der Waals surface area contributed by atoms with Crippen LogP contribution in [0, 0.1) is 0 Å². The molecular weight excluding hydrogens is 512 g/mol. The first-order chi connectivity index (χ1) is 20.8.